The van der Waals surface area contributed by atoms with E-state index in [2.05, 4.69) is 257 Å². The van der Waals surface area contributed by atoms with E-state index in [4.69, 9.17) is 9.72 Å². The highest BCUT2D eigenvalue weighted by atomic mass is 16.5. The molecule has 1 aliphatic rings. The van der Waals surface area contributed by atoms with Gasteiger partial charge >= 0.3 is 0 Å². The lowest BCUT2D eigenvalue weighted by molar-refractivity contribution is 0.481. The molecule has 10 rings (SSSR count). The number of pyridine rings is 1. The molecule has 0 aliphatic carbocycles. The van der Waals surface area contributed by atoms with Crippen LogP contribution in [0.2, 0.25) is 0 Å². The lowest BCUT2D eigenvalue weighted by Gasteiger charge is -2.28. The molecule has 0 N–H and O–H groups in total. The zero-order valence-electron chi connectivity index (χ0n) is 38.5. The molecule has 0 unspecified atom stereocenters. The molecule has 2 aromatic heterocycles. The minimum atomic E-state index is -0.373. The summed E-state index contributed by atoms with van der Waals surface area (Å²) >= 11 is 0. The first-order chi connectivity index (χ1) is 31.4. The summed E-state index contributed by atoms with van der Waals surface area (Å²) in [6.45, 7) is 16.7. The van der Waals surface area contributed by atoms with Gasteiger partial charge in [-0.15, -0.1) is 0 Å². The summed E-state index contributed by atoms with van der Waals surface area (Å²) in [6, 6.07) is 67.2. The monoisotopic (exact) mass is 848 g/mol. The average molecular weight is 849 g/mol. The number of ether oxygens (including phenoxy) is 1. The Morgan fingerprint density at radius 3 is 1.85 bits per heavy atom. The largest absolute Gasteiger partial charge is 0.457 e. The van der Waals surface area contributed by atoms with Gasteiger partial charge in [-0.2, -0.15) is 0 Å². The number of fused-ring (bicyclic) bond motifs is 3. The van der Waals surface area contributed by atoms with Crippen molar-refractivity contribution < 1.29 is 4.74 Å². The quantitative estimate of drug-likeness (QED) is 0.137. The third-order valence-corrected chi connectivity index (χ3v) is 13.4. The molecule has 0 amide bonds. The van der Waals surface area contributed by atoms with Crippen molar-refractivity contribution >= 4 is 38.9 Å². The van der Waals surface area contributed by atoms with Crippen molar-refractivity contribution in [3.05, 3.63) is 234 Å². The molecule has 9 aromatic rings. The fourth-order valence-electron chi connectivity index (χ4n) is 9.54. The second kappa shape index (κ2) is 16.3. The third-order valence-electron chi connectivity index (χ3n) is 13.4. The molecule has 0 spiro atoms. The number of hydrogen-bond donors (Lipinski definition) is 0. The van der Waals surface area contributed by atoms with E-state index in [1.807, 2.05) is 6.20 Å². The van der Waals surface area contributed by atoms with Crippen molar-refractivity contribution in [3.8, 4) is 17.3 Å². The summed E-state index contributed by atoms with van der Waals surface area (Å²) in [7, 11) is 0. The molecule has 5 nitrogen and oxygen atoms in total. The molecular weight excluding hydrogens is 793 g/mol. The van der Waals surface area contributed by atoms with Gasteiger partial charge in [0.05, 0.1) is 23.4 Å². The summed E-state index contributed by atoms with van der Waals surface area (Å²) in [4.78, 5) is 9.82. The van der Waals surface area contributed by atoms with Crippen LogP contribution in [0.3, 0.4) is 0 Å². The highest BCUT2D eigenvalue weighted by molar-refractivity contribution is 6.12. The van der Waals surface area contributed by atoms with Gasteiger partial charge in [0.2, 0.25) is 0 Å². The molecule has 0 fully saturated rings. The maximum Gasteiger partial charge on any atom is 0.137 e. The summed E-state index contributed by atoms with van der Waals surface area (Å²) in [6.07, 6.45) is 4.22. The van der Waals surface area contributed by atoms with Gasteiger partial charge in [-0.1, -0.05) is 176 Å². The molecule has 0 atom stereocenters. The summed E-state index contributed by atoms with van der Waals surface area (Å²) in [5.41, 5.74) is 12.3. The van der Waals surface area contributed by atoms with Crippen LogP contribution in [-0.2, 0) is 16.2 Å². The van der Waals surface area contributed by atoms with E-state index in [1.165, 1.54) is 49.8 Å². The third kappa shape index (κ3) is 7.75. The van der Waals surface area contributed by atoms with Crippen molar-refractivity contribution in [3.63, 3.8) is 0 Å². The Kier molecular flexibility index (Phi) is 10.5. The Morgan fingerprint density at radius 1 is 0.492 bits per heavy atom. The molecule has 0 saturated carbocycles. The smallest absolute Gasteiger partial charge is 0.137 e. The van der Waals surface area contributed by atoms with Crippen LogP contribution in [0.1, 0.15) is 81.8 Å². The van der Waals surface area contributed by atoms with E-state index in [0.29, 0.717) is 6.67 Å². The topological polar surface area (TPSA) is 33.5 Å². The zero-order chi connectivity index (χ0) is 44.9. The fourth-order valence-corrected chi connectivity index (χ4v) is 9.54. The Bertz CT molecular complexity index is 3190. The molecule has 1 aliphatic heterocycles. The molecule has 5 heteroatoms. The number of anilines is 2. The minimum absolute atomic E-state index is 0.0328. The van der Waals surface area contributed by atoms with E-state index in [-0.39, 0.29) is 16.2 Å². The standard InChI is InChI=1S/C60H56N4O/c1-58(2,3)45-27-19-29-48(35-45)63-41-62(40-55(63)42-21-11-8-12-22-42)47-28-20-30-49(37-47)65-50-38-52(60(6,7)44-25-15-10-16-26-44)57-51-31-17-18-32-53(51)64(54(57)39-50)56-36-46(33-34-61-56)59(4,5)43-23-13-9-14-24-43/h8-40H,41H2,1-7H3. The van der Waals surface area contributed by atoms with Crippen LogP contribution in [0.5, 0.6) is 11.5 Å². The molecule has 322 valence electrons. The van der Waals surface area contributed by atoms with Crippen LogP contribution in [0.15, 0.2) is 200 Å². The van der Waals surface area contributed by atoms with E-state index in [0.717, 1.165) is 39.7 Å². The van der Waals surface area contributed by atoms with Crippen LogP contribution < -0.4 is 14.5 Å². The van der Waals surface area contributed by atoms with Gasteiger partial charge < -0.3 is 14.5 Å². The number of nitrogens with zero attached hydrogens (tertiary/aromatic N) is 4. The normalized spacial score (nSPS) is 13.4. The first-order valence-electron chi connectivity index (χ1n) is 22.7. The molecule has 3 heterocycles. The maximum absolute atomic E-state index is 7.06. The van der Waals surface area contributed by atoms with Crippen LogP contribution in [0.25, 0.3) is 33.3 Å². The van der Waals surface area contributed by atoms with Gasteiger partial charge in [0.1, 0.15) is 17.3 Å². The van der Waals surface area contributed by atoms with Crippen molar-refractivity contribution in [2.45, 2.75) is 64.7 Å². The van der Waals surface area contributed by atoms with E-state index >= 15 is 0 Å². The zero-order valence-corrected chi connectivity index (χ0v) is 38.5. The second-order valence-electron chi connectivity index (χ2n) is 19.4. The highest BCUT2D eigenvalue weighted by Crippen LogP contribution is 2.45. The van der Waals surface area contributed by atoms with E-state index < -0.39 is 0 Å². The molecule has 65 heavy (non-hydrogen) atoms. The second-order valence-corrected chi connectivity index (χ2v) is 19.4. The Labute approximate surface area is 383 Å². The van der Waals surface area contributed by atoms with Gasteiger partial charge in [0, 0.05) is 57.5 Å². The van der Waals surface area contributed by atoms with Crippen molar-refractivity contribution in [2.24, 2.45) is 0 Å². The SMILES string of the molecule is CC(C)(C)c1cccc(N2CN(c3cccc(Oc4cc(C(C)(C)c5ccccc5)c5c6ccccc6n(-c6cc(C(C)(C)c7ccccc7)ccn6)c5c4)c3)C=C2c2ccccc2)c1. The average Bonchev–Trinajstić information content (AvgIpc) is 3.93. The summed E-state index contributed by atoms with van der Waals surface area (Å²) in [5, 5.41) is 2.37. The van der Waals surface area contributed by atoms with Gasteiger partial charge in [0.25, 0.3) is 0 Å². The minimum Gasteiger partial charge on any atom is -0.457 e. The molecular formula is C60H56N4O. The fraction of sp³-hybridized carbons (Fsp3) is 0.183. The van der Waals surface area contributed by atoms with Crippen molar-refractivity contribution in [1.82, 2.24) is 9.55 Å². The molecule has 0 saturated heterocycles. The van der Waals surface area contributed by atoms with Crippen molar-refractivity contribution in [1.29, 1.82) is 0 Å². The number of para-hydroxylation sites is 1. The van der Waals surface area contributed by atoms with Crippen LogP contribution in [0, 0.1) is 0 Å². The number of hydrogen-bond acceptors (Lipinski definition) is 4. The lowest BCUT2D eigenvalue weighted by Crippen LogP contribution is -2.26. The van der Waals surface area contributed by atoms with E-state index in [9.17, 15) is 0 Å². The summed E-state index contributed by atoms with van der Waals surface area (Å²) in [5.74, 6) is 2.40. The molecule has 0 bridgehead atoms. The van der Waals surface area contributed by atoms with Crippen LogP contribution in [0.4, 0.5) is 11.4 Å². The van der Waals surface area contributed by atoms with Gasteiger partial charge in [0.15, 0.2) is 0 Å². The number of rotatable bonds is 10. The Balaban J connectivity index is 1.09. The predicted octanol–water partition coefficient (Wildman–Crippen LogP) is 15.2. The van der Waals surface area contributed by atoms with Crippen LogP contribution in [-0.4, -0.2) is 16.2 Å². The lowest BCUT2D eigenvalue weighted by atomic mass is 9.76. The van der Waals surface area contributed by atoms with Gasteiger partial charge in [-0.3, -0.25) is 4.57 Å². The van der Waals surface area contributed by atoms with Gasteiger partial charge in [-0.25, -0.2) is 4.98 Å². The first-order valence-corrected chi connectivity index (χ1v) is 22.7. The molecule has 0 radical (unpaired) electrons. The van der Waals surface area contributed by atoms with E-state index in [1.54, 1.807) is 0 Å². The van der Waals surface area contributed by atoms with Crippen molar-refractivity contribution in [2.75, 3.05) is 16.5 Å². The maximum atomic E-state index is 7.06. The predicted molar refractivity (Wildman–Crippen MR) is 272 cm³/mol. The van der Waals surface area contributed by atoms with Crippen LogP contribution >= 0.6 is 0 Å². The number of benzene rings is 7. The first kappa shape index (κ1) is 41.6. The Morgan fingerprint density at radius 2 is 1.12 bits per heavy atom. The number of aromatic nitrogens is 2. The highest BCUT2D eigenvalue weighted by Gasteiger charge is 2.31. The summed E-state index contributed by atoms with van der Waals surface area (Å²) < 4.78 is 9.39. The Hall–Kier alpha value is -7.37. The van der Waals surface area contributed by atoms with Gasteiger partial charge in [-0.05, 0) is 87.3 Å². The molecule has 7 aromatic carbocycles.